The van der Waals surface area contributed by atoms with Crippen LogP contribution in [0.4, 0.5) is 0 Å². The molecule has 0 aromatic carbocycles. The van der Waals surface area contributed by atoms with Crippen LogP contribution in [0.3, 0.4) is 0 Å². The predicted molar refractivity (Wildman–Crippen MR) is 61.1 cm³/mol. The fourth-order valence-electron chi connectivity index (χ4n) is 1.11. The third kappa shape index (κ3) is 2.77. The highest BCUT2D eigenvalue weighted by Crippen LogP contribution is 2.31. The summed E-state index contributed by atoms with van der Waals surface area (Å²) < 4.78 is 2.22. The molecule has 2 aliphatic heterocycles. The zero-order valence-corrected chi connectivity index (χ0v) is 8.85. The molecule has 70 valence electrons. The molecule has 0 amide bonds. The molecule has 0 aromatic rings. The van der Waals surface area contributed by atoms with Crippen molar-refractivity contribution in [2.24, 2.45) is 9.98 Å². The minimum Gasteiger partial charge on any atom is -0.310 e. The highest BCUT2D eigenvalue weighted by molar-refractivity contribution is 8.75. The van der Waals surface area contributed by atoms with Crippen LogP contribution in [0.5, 0.6) is 0 Å². The Balaban J connectivity index is 1.95. The lowest BCUT2D eigenvalue weighted by Gasteiger charge is -2.13. The summed E-state index contributed by atoms with van der Waals surface area (Å²) in [5.41, 5.74) is 0. The number of hydrogen-bond donors (Lipinski definition) is 0. The van der Waals surface area contributed by atoms with Gasteiger partial charge in [0.1, 0.15) is 0 Å². The van der Waals surface area contributed by atoms with E-state index < -0.39 is 0 Å². The summed E-state index contributed by atoms with van der Waals surface area (Å²) in [7, 11) is 3.70. The smallest absolute Gasteiger partial charge is 0.169 e. The molecule has 0 saturated carbocycles. The van der Waals surface area contributed by atoms with Crippen molar-refractivity contribution in [3.05, 3.63) is 12.0 Å². The Hall–Kier alpha value is -0.420. The van der Waals surface area contributed by atoms with E-state index in [9.17, 15) is 0 Å². The first-order valence-corrected chi connectivity index (χ1v) is 6.57. The number of aliphatic imine (C=N–C) groups is 2. The van der Waals surface area contributed by atoms with Crippen molar-refractivity contribution >= 4 is 34.2 Å². The maximum absolute atomic E-state index is 4.11. The van der Waals surface area contributed by atoms with Crippen molar-refractivity contribution in [2.75, 3.05) is 12.3 Å². The topological polar surface area (TPSA) is 28.0 Å². The van der Waals surface area contributed by atoms with Gasteiger partial charge in [0, 0.05) is 35.7 Å². The van der Waals surface area contributed by atoms with Gasteiger partial charge in [0.2, 0.25) is 0 Å². The Labute approximate surface area is 85.9 Å². The van der Waals surface area contributed by atoms with Crippen LogP contribution >= 0.6 is 21.8 Å². The van der Waals surface area contributed by atoms with Gasteiger partial charge in [-0.1, -0.05) is 10.8 Å². The van der Waals surface area contributed by atoms with Gasteiger partial charge in [0.25, 0.3) is 0 Å². The summed E-state index contributed by atoms with van der Waals surface area (Å²) >= 11 is 0. The van der Waals surface area contributed by atoms with Crippen molar-refractivity contribution in [3.8, 4) is 0 Å². The lowest BCUT2D eigenvalue weighted by atomic mass is 10.3. The van der Waals surface area contributed by atoms with E-state index >= 15 is 0 Å². The standard InChI is InChI=1S/C8H11N3S2/c1-2-6-12-13-11(5-1)7-8-9-3-4-10-8/h3-4,7H,1-2,5-6H2. The maximum atomic E-state index is 4.11. The van der Waals surface area contributed by atoms with Crippen LogP contribution in [0.2, 0.25) is 0 Å². The van der Waals surface area contributed by atoms with Crippen LogP contribution < -0.4 is 0 Å². The summed E-state index contributed by atoms with van der Waals surface area (Å²) in [4.78, 5) is 8.22. The number of nitrogens with zero attached hydrogens (tertiary/aromatic N) is 3. The first kappa shape index (κ1) is 9.15. The molecule has 13 heavy (non-hydrogen) atoms. The molecule has 0 N–H and O–H groups in total. The number of rotatable bonds is 1. The third-order valence-electron chi connectivity index (χ3n) is 1.74. The summed E-state index contributed by atoms with van der Waals surface area (Å²) in [6, 6.07) is 0. The van der Waals surface area contributed by atoms with E-state index in [2.05, 4.69) is 14.3 Å². The molecule has 2 heterocycles. The Kier molecular flexibility index (Phi) is 3.32. The van der Waals surface area contributed by atoms with E-state index in [4.69, 9.17) is 0 Å². The number of hydrogen-bond acceptors (Lipinski definition) is 5. The van der Waals surface area contributed by atoms with Crippen molar-refractivity contribution < 1.29 is 0 Å². The lowest BCUT2D eigenvalue weighted by Crippen LogP contribution is -2.07. The van der Waals surface area contributed by atoms with Crippen molar-refractivity contribution in [1.82, 2.24) is 4.31 Å². The predicted octanol–water partition coefficient (Wildman–Crippen LogP) is 2.33. The molecule has 0 aliphatic carbocycles. The first-order chi connectivity index (χ1) is 6.45. The minimum absolute atomic E-state index is 0.815. The van der Waals surface area contributed by atoms with Gasteiger partial charge in [0.05, 0.1) is 6.20 Å². The molecule has 0 bridgehead atoms. The Morgan fingerprint density at radius 2 is 2.15 bits per heavy atom. The highest BCUT2D eigenvalue weighted by atomic mass is 33.1. The van der Waals surface area contributed by atoms with Gasteiger partial charge >= 0.3 is 0 Å². The Morgan fingerprint density at radius 1 is 1.31 bits per heavy atom. The maximum Gasteiger partial charge on any atom is 0.169 e. The van der Waals surface area contributed by atoms with Crippen molar-refractivity contribution in [1.29, 1.82) is 0 Å². The zero-order chi connectivity index (χ0) is 8.93. The van der Waals surface area contributed by atoms with E-state index in [0.29, 0.717) is 0 Å². The van der Waals surface area contributed by atoms with Crippen molar-refractivity contribution in [3.63, 3.8) is 0 Å². The molecule has 1 fully saturated rings. The van der Waals surface area contributed by atoms with Gasteiger partial charge in [-0.3, -0.25) is 0 Å². The third-order valence-corrected chi connectivity index (χ3v) is 4.18. The average molecular weight is 213 g/mol. The molecular formula is C8H11N3S2. The van der Waals surface area contributed by atoms with E-state index in [-0.39, 0.29) is 0 Å². The Morgan fingerprint density at radius 3 is 3.00 bits per heavy atom. The second-order valence-corrected chi connectivity index (χ2v) is 5.20. The van der Waals surface area contributed by atoms with Crippen LogP contribution in [0.25, 0.3) is 0 Å². The summed E-state index contributed by atoms with van der Waals surface area (Å²) in [5.74, 6) is 2.06. The van der Waals surface area contributed by atoms with Gasteiger partial charge < -0.3 is 4.31 Å². The van der Waals surface area contributed by atoms with Gasteiger partial charge in [0.15, 0.2) is 5.82 Å². The van der Waals surface area contributed by atoms with Crippen LogP contribution in [0, 0.1) is 0 Å². The molecular weight excluding hydrogens is 202 g/mol. The van der Waals surface area contributed by atoms with E-state index in [1.807, 2.05) is 17.0 Å². The second-order valence-electron chi connectivity index (χ2n) is 2.79. The monoisotopic (exact) mass is 213 g/mol. The largest absolute Gasteiger partial charge is 0.310 e. The van der Waals surface area contributed by atoms with E-state index in [1.54, 1.807) is 23.4 Å². The first-order valence-electron chi connectivity index (χ1n) is 4.30. The summed E-state index contributed by atoms with van der Waals surface area (Å²) in [6.07, 6.45) is 8.03. The quantitative estimate of drug-likeness (QED) is 0.494. The molecule has 0 aromatic heterocycles. The van der Waals surface area contributed by atoms with Gasteiger partial charge in [-0.2, -0.15) is 0 Å². The van der Waals surface area contributed by atoms with E-state index in [1.165, 1.54) is 18.6 Å². The zero-order valence-electron chi connectivity index (χ0n) is 7.22. The second kappa shape index (κ2) is 4.72. The van der Waals surface area contributed by atoms with Crippen LogP contribution in [-0.2, 0) is 0 Å². The Bertz CT molecular complexity index is 238. The van der Waals surface area contributed by atoms with Gasteiger partial charge in [-0.25, -0.2) is 9.98 Å². The molecule has 0 atom stereocenters. The van der Waals surface area contributed by atoms with Gasteiger partial charge in [-0.15, -0.1) is 0 Å². The fourth-order valence-corrected chi connectivity index (χ4v) is 3.31. The molecule has 1 saturated heterocycles. The van der Waals surface area contributed by atoms with Gasteiger partial charge in [-0.05, 0) is 12.8 Å². The molecule has 2 aliphatic rings. The average Bonchev–Trinajstić information content (AvgIpc) is 2.49. The minimum atomic E-state index is 0.815. The van der Waals surface area contributed by atoms with Crippen LogP contribution in [-0.4, -0.2) is 29.0 Å². The lowest BCUT2D eigenvalue weighted by molar-refractivity contribution is 0.584. The molecule has 0 unspecified atom stereocenters. The molecule has 0 radical (unpaired) electrons. The van der Waals surface area contributed by atoms with E-state index in [0.717, 1.165) is 12.4 Å². The summed E-state index contributed by atoms with van der Waals surface area (Å²) in [5, 5.41) is 0. The SMILES string of the molecule is C1=NC(=CN2CCCCSS2)N=C1. The molecule has 2 rings (SSSR count). The van der Waals surface area contributed by atoms with Crippen LogP contribution in [0.1, 0.15) is 12.8 Å². The van der Waals surface area contributed by atoms with Crippen LogP contribution in [0.15, 0.2) is 22.0 Å². The molecule has 3 nitrogen and oxygen atoms in total. The van der Waals surface area contributed by atoms with Crippen molar-refractivity contribution in [2.45, 2.75) is 12.8 Å². The normalized spacial score (nSPS) is 22.2. The summed E-state index contributed by atoms with van der Waals surface area (Å²) in [6.45, 7) is 1.10. The molecule has 5 heteroatoms. The fraction of sp³-hybridized carbons (Fsp3) is 0.500. The molecule has 0 spiro atoms. The highest BCUT2D eigenvalue weighted by Gasteiger charge is 2.08.